The van der Waals surface area contributed by atoms with E-state index in [0.29, 0.717) is 11.8 Å². The average Bonchev–Trinajstić information content (AvgIpc) is 2.80. The lowest BCUT2D eigenvalue weighted by Crippen LogP contribution is -2.44. The molecule has 0 aromatic carbocycles. The van der Waals surface area contributed by atoms with Crippen molar-refractivity contribution in [3.8, 4) is 0 Å². The minimum Gasteiger partial charge on any atom is -0.228 e. The molecule has 2 saturated carbocycles. The van der Waals surface area contributed by atoms with Gasteiger partial charge in [-0.2, -0.15) is 19.6 Å². The molecule has 0 spiro atoms. The van der Waals surface area contributed by atoms with E-state index in [2.05, 4.69) is 0 Å². The van der Waals surface area contributed by atoms with Crippen molar-refractivity contribution in [1.29, 1.82) is 0 Å². The summed E-state index contributed by atoms with van der Waals surface area (Å²) >= 11 is 0. The molecular formula is C31H60O8. The van der Waals surface area contributed by atoms with E-state index in [1.807, 2.05) is 83.1 Å². The molecule has 0 atom stereocenters. The molecule has 2 aliphatic rings. The van der Waals surface area contributed by atoms with Crippen molar-refractivity contribution < 1.29 is 39.1 Å². The molecule has 0 aromatic rings. The van der Waals surface area contributed by atoms with Gasteiger partial charge in [-0.1, -0.05) is 19.3 Å². The molecule has 0 radical (unpaired) electrons. The van der Waals surface area contributed by atoms with Gasteiger partial charge in [0, 0.05) is 25.7 Å². The summed E-state index contributed by atoms with van der Waals surface area (Å²) in [6, 6.07) is 0. The fourth-order valence-electron chi connectivity index (χ4n) is 4.67. The maximum absolute atomic E-state index is 5.89. The highest BCUT2D eigenvalue weighted by Gasteiger charge is 2.44. The van der Waals surface area contributed by atoms with Gasteiger partial charge in [0.15, 0.2) is 0 Å². The van der Waals surface area contributed by atoms with Gasteiger partial charge in [0.25, 0.3) is 0 Å². The quantitative estimate of drug-likeness (QED) is 0.133. The number of hydrogen-bond donors (Lipinski definition) is 0. The minimum absolute atomic E-state index is 0.416. The van der Waals surface area contributed by atoms with Crippen LogP contribution in [0.2, 0.25) is 0 Å². The van der Waals surface area contributed by atoms with Gasteiger partial charge in [0.1, 0.15) is 0 Å². The van der Waals surface area contributed by atoms with Crippen LogP contribution in [0.25, 0.3) is 0 Å². The SMILES string of the molecule is CC(C)(C)OOC1(OOC(C)(C)C)CCC(CCCC2CCC(OOC(C)(C)C)(OOC(C)(C)C)CC2)CC1. The maximum atomic E-state index is 5.89. The summed E-state index contributed by atoms with van der Waals surface area (Å²) in [4.78, 5) is 46.3. The summed E-state index contributed by atoms with van der Waals surface area (Å²) in [7, 11) is 0. The van der Waals surface area contributed by atoms with Crippen LogP contribution < -0.4 is 0 Å². The Balaban J connectivity index is 1.81. The normalized spacial score (nSPS) is 21.8. The van der Waals surface area contributed by atoms with E-state index in [1.54, 1.807) is 0 Å². The van der Waals surface area contributed by atoms with Crippen molar-refractivity contribution >= 4 is 0 Å². The molecule has 2 rings (SSSR count). The summed E-state index contributed by atoms with van der Waals surface area (Å²) in [6.45, 7) is 23.7. The van der Waals surface area contributed by atoms with Gasteiger partial charge >= 0.3 is 0 Å². The standard InChI is InChI=1S/C31H60O8/c1-26(2,3)32-36-30(37-33-27(4,5)6)20-16-24(17-21-30)14-13-15-25-18-22-31(23-19-25,38-34-28(7,8)9)39-35-29(10,11)12/h24-25H,13-23H2,1-12H3. The topological polar surface area (TPSA) is 73.8 Å². The van der Waals surface area contributed by atoms with Crippen LogP contribution in [0.5, 0.6) is 0 Å². The predicted octanol–water partition coefficient (Wildman–Crippen LogP) is 8.92. The second kappa shape index (κ2) is 13.8. The molecule has 0 unspecified atom stereocenters. The van der Waals surface area contributed by atoms with Crippen molar-refractivity contribution in [2.75, 3.05) is 0 Å². The van der Waals surface area contributed by atoms with E-state index in [0.717, 1.165) is 51.4 Å². The van der Waals surface area contributed by atoms with Gasteiger partial charge in [-0.15, -0.1) is 0 Å². The van der Waals surface area contributed by atoms with Crippen molar-refractivity contribution in [3.63, 3.8) is 0 Å². The molecule has 0 bridgehead atoms. The number of hydrogen-bond acceptors (Lipinski definition) is 8. The molecule has 0 aromatic heterocycles. The van der Waals surface area contributed by atoms with E-state index >= 15 is 0 Å². The van der Waals surface area contributed by atoms with E-state index < -0.39 is 34.0 Å². The molecule has 0 heterocycles. The molecular weight excluding hydrogens is 500 g/mol. The molecule has 39 heavy (non-hydrogen) atoms. The molecule has 0 amide bonds. The first-order valence-corrected chi connectivity index (χ1v) is 15.2. The highest BCUT2D eigenvalue weighted by Crippen LogP contribution is 2.42. The Morgan fingerprint density at radius 3 is 0.872 bits per heavy atom. The van der Waals surface area contributed by atoms with Crippen LogP contribution in [0.15, 0.2) is 0 Å². The van der Waals surface area contributed by atoms with Crippen LogP contribution in [-0.2, 0) is 39.1 Å². The summed E-state index contributed by atoms with van der Waals surface area (Å²) in [5, 5.41) is 0. The Hall–Kier alpha value is -0.320. The average molecular weight is 561 g/mol. The zero-order valence-corrected chi connectivity index (χ0v) is 27.2. The highest BCUT2D eigenvalue weighted by atomic mass is 17.3. The van der Waals surface area contributed by atoms with Gasteiger partial charge in [-0.25, -0.2) is 19.6 Å². The zero-order chi connectivity index (χ0) is 29.6. The Labute approximate surface area is 238 Å². The van der Waals surface area contributed by atoms with Crippen molar-refractivity contribution in [2.45, 2.75) is 188 Å². The summed E-state index contributed by atoms with van der Waals surface area (Å²) < 4.78 is 0. The fourth-order valence-corrected chi connectivity index (χ4v) is 4.67. The maximum Gasteiger partial charge on any atom is 0.234 e. The Bertz CT molecular complexity index is 594. The Morgan fingerprint density at radius 1 is 0.436 bits per heavy atom. The lowest BCUT2D eigenvalue weighted by Gasteiger charge is -2.40. The van der Waals surface area contributed by atoms with E-state index in [9.17, 15) is 0 Å². The summed E-state index contributed by atoms with van der Waals surface area (Å²) in [6.07, 6.45) is 10.8. The highest BCUT2D eigenvalue weighted by molar-refractivity contribution is 4.82. The Kier molecular flexibility index (Phi) is 12.3. The first-order chi connectivity index (χ1) is 17.7. The van der Waals surface area contributed by atoms with E-state index in [-0.39, 0.29) is 0 Å². The van der Waals surface area contributed by atoms with Crippen LogP contribution in [0, 0.1) is 11.8 Å². The first-order valence-electron chi connectivity index (χ1n) is 15.2. The van der Waals surface area contributed by atoms with Gasteiger partial charge in [-0.05, 0) is 121 Å². The third kappa shape index (κ3) is 14.4. The molecule has 8 heteroatoms. The molecule has 0 N–H and O–H groups in total. The van der Waals surface area contributed by atoms with Crippen molar-refractivity contribution in [1.82, 2.24) is 0 Å². The lowest BCUT2D eigenvalue weighted by molar-refractivity contribution is -0.546. The first kappa shape index (κ1) is 34.9. The third-order valence-corrected chi connectivity index (χ3v) is 6.73. The van der Waals surface area contributed by atoms with Gasteiger partial charge in [0.2, 0.25) is 11.6 Å². The predicted molar refractivity (Wildman–Crippen MR) is 151 cm³/mol. The molecule has 2 fully saturated rings. The molecule has 8 nitrogen and oxygen atoms in total. The van der Waals surface area contributed by atoms with E-state index in [4.69, 9.17) is 39.1 Å². The van der Waals surface area contributed by atoms with Crippen LogP contribution in [0.4, 0.5) is 0 Å². The zero-order valence-electron chi connectivity index (χ0n) is 27.2. The van der Waals surface area contributed by atoms with E-state index in [1.165, 1.54) is 19.3 Å². The smallest absolute Gasteiger partial charge is 0.228 e. The van der Waals surface area contributed by atoms with Gasteiger partial charge in [-0.3, -0.25) is 0 Å². The third-order valence-electron chi connectivity index (χ3n) is 6.73. The van der Waals surface area contributed by atoms with Crippen LogP contribution in [-0.4, -0.2) is 34.0 Å². The number of rotatable bonds is 12. The largest absolute Gasteiger partial charge is 0.234 e. The summed E-state index contributed by atoms with van der Waals surface area (Å²) in [5.41, 5.74) is -1.67. The van der Waals surface area contributed by atoms with Gasteiger partial charge in [0.05, 0.1) is 22.4 Å². The van der Waals surface area contributed by atoms with Crippen molar-refractivity contribution in [3.05, 3.63) is 0 Å². The molecule has 2 aliphatic carbocycles. The fraction of sp³-hybridized carbons (Fsp3) is 1.00. The monoisotopic (exact) mass is 560 g/mol. The van der Waals surface area contributed by atoms with Crippen LogP contribution >= 0.6 is 0 Å². The second-order valence-electron chi connectivity index (χ2n) is 15.8. The minimum atomic E-state index is -0.853. The van der Waals surface area contributed by atoms with Crippen LogP contribution in [0.1, 0.15) is 154 Å². The molecule has 0 aliphatic heterocycles. The molecule has 0 saturated heterocycles. The second-order valence-corrected chi connectivity index (χ2v) is 15.8. The lowest BCUT2D eigenvalue weighted by atomic mass is 9.79. The Morgan fingerprint density at radius 2 is 0.667 bits per heavy atom. The van der Waals surface area contributed by atoms with Gasteiger partial charge < -0.3 is 0 Å². The van der Waals surface area contributed by atoms with Crippen molar-refractivity contribution in [2.24, 2.45) is 11.8 Å². The van der Waals surface area contributed by atoms with Crippen LogP contribution in [0.3, 0.4) is 0 Å². The summed E-state index contributed by atoms with van der Waals surface area (Å²) in [5.74, 6) is -0.393. The molecule has 232 valence electrons.